The van der Waals surface area contributed by atoms with Crippen LogP contribution in [0.2, 0.25) is 10.0 Å². The Bertz CT molecular complexity index is 899. The van der Waals surface area contributed by atoms with Crippen molar-refractivity contribution < 1.29 is 13.2 Å². The molecule has 2 rings (SSSR count). The first kappa shape index (κ1) is 20.6. The summed E-state index contributed by atoms with van der Waals surface area (Å²) < 4.78 is 25.3. The minimum atomic E-state index is -3.73. The van der Waals surface area contributed by atoms with E-state index in [1.54, 1.807) is 6.07 Å². The molecule has 1 atom stereocenters. The number of carbonyl (C=O) groups is 1. The van der Waals surface area contributed by atoms with Gasteiger partial charge in [0.05, 0.1) is 23.0 Å². The van der Waals surface area contributed by atoms with Crippen molar-refractivity contribution in [1.29, 1.82) is 0 Å². The van der Waals surface area contributed by atoms with Crippen LogP contribution in [0.5, 0.6) is 0 Å². The van der Waals surface area contributed by atoms with Gasteiger partial charge < -0.3 is 5.32 Å². The molecule has 0 radical (unpaired) electrons. The second kappa shape index (κ2) is 8.29. The average Bonchev–Trinajstić information content (AvgIpc) is 2.54. The summed E-state index contributed by atoms with van der Waals surface area (Å²) in [4.78, 5) is 12.4. The second-order valence-corrected chi connectivity index (χ2v) is 8.82. The highest BCUT2D eigenvalue weighted by atomic mass is 35.5. The zero-order valence-electron chi connectivity index (χ0n) is 14.7. The summed E-state index contributed by atoms with van der Waals surface area (Å²) in [7, 11) is -3.73. The molecule has 0 aromatic heterocycles. The first-order valence-electron chi connectivity index (χ1n) is 7.86. The van der Waals surface area contributed by atoms with E-state index in [4.69, 9.17) is 23.2 Å². The molecule has 0 saturated carbocycles. The van der Waals surface area contributed by atoms with E-state index in [0.29, 0.717) is 5.02 Å². The van der Waals surface area contributed by atoms with Crippen LogP contribution in [-0.4, -0.2) is 27.1 Å². The smallest absolute Gasteiger partial charge is 0.241 e. The lowest BCUT2D eigenvalue weighted by Gasteiger charge is -2.24. The van der Waals surface area contributed by atoms with E-state index < -0.39 is 22.5 Å². The molecule has 0 spiro atoms. The molecule has 0 aliphatic rings. The zero-order chi connectivity index (χ0) is 19.5. The molecular weight excluding hydrogens is 395 g/mol. The summed E-state index contributed by atoms with van der Waals surface area (Å²) in [6.45, 7) is 3.42. The van der Waals surface area contributed by atoms with Gasteiger partial charge in [0.25, 0.3) is 0 Å². The fourth-order valence-electron chi connectivity index (χ4n) is 2.41. The normalized spacial score (nSPS) is 12.5. The molecule has 0 saturated heterocycles. The Morgan fingerprint density at radius 3 is 2.35 bits per heavy atom. The molecule has 0 bridgehead atoms. The van der Waals surface area contributed by atoms with Crippen molar-refractivity contribution in [3.8, 4) is 0 Å². The van der Waals surface area contributed by atoms with Gasteiger partial charge in [-0.05, 0) is 37.6 Å². The zero-order valence-corrected chi connectivity index (χ0v) is 17.0. The summed E-state index contributed by atoms with van der Waals surface area (Å²) in [5, 5.41) is 3.32. The van der Waals surface area contributed by atoms with Gasteiger partial charge in [-0.15, -0.1) is 0 Å². The van der Waals surface area contributed by atoms with Crippen LogP contribution >= 0.6 is 23.2 Å². The van der Waals surface area contributed by atoms with Gasteiger partial charge in [0.15, 0.2) is 0 Å². The van der Waals surface area contributed by atoms with Crippen LogP contribution in [0.25, 0.3) is 0 Å². The lowest BCUT2D eigenvalue weighted by molar-refractivity contribution is -0.120. The Balaban J connectivity index is 2.19. The number of aryl methyl sites for hydroxylation is 1. The van der Waals surface area contributed by atoms with Crippen LogP contribution in [0.3, 0.4) is 0 Å². The predicted octanol–water partition coefficient (Wildman–Crippen LogP) is 3.95. The van der Waals surface area contributed by atoms with E-state index >= 15 is 0 Å². The third kappa shape index (κ3) is 5.37. The molecule has 0 unspecified atom stereocenters. The van der Waals surface area contributed by atoms with Gasteiger partial charge in [-0.2, -0.15) is 0 Å². The van der Waals surface area contributed by atoms with Gasteiger partial charge in [0.1, 0.15) is 6.54 Å². The summed E-state index contributed by atoms with van der Waals surface area (Å²) >= 11 is 12.0. The van der Waals surface area contributed by atoms with Gasteiger partial charge in [0.2, 0.25) is 15.9 Å². The van der Waals surface area contributed by atoms with Gasteiger partial charge in [-0.1, -0.05) is 53.0 Å². The summed E-state index contributed by atoms with van der Waals surface area (Å²) in [6.07, 6.45) is 1.01. The largest absolute Gasteiger partial charge is 0.348 e. The maximum absolute atomic E-state index is 12.4. The van der Waals surface area contributed by atoms with Crippen molar-refractivity contribution in [3.63, 3.8) is 0 Å². The highest BCUT2D eigenvalue weighted by molar-refractivity contribution is 7.92. The number of benzene rings is 2. The minimum Gasteiger partial charge on any atom is -0.348 e. The monoisotopic (exact) mass is 414 g/mol. The highest BCUT2D eigenvalue weighted by Crippen LogP contribution is 2.30. The van der Waals surface area contributed by atoms with E-state index in [0.717, 1.165) is 21.7 Å². The maximum Gasteiger partial charge on any atom is 0.241 e. The molecule has 26 heavy (non-hydrogen) atoms. The lowest BCUT2D eigenvalue weighted by Crippen LogP contribution is -2.41. The third-order valence-electron chi connectivity index (χ3n) is 3.82. The van der Waals surface area contributed by atoms with E-state index in [1.807, 2.05) is 38.1 Å². The molecule has 1 amide bonds. The Morgan fingerprint density at radius 2 is 1.77 bits per heavy atom. The van der Waals surface area contributed by atoms with E-state index in [-0.39, 0.29) is 16.8 Å². The second-order valence-electron chi connectivity index (χ2n) is 6.07. The maximum atomic E-state index is 12.4. The number of amides is 1. The van der Waals surface area contributed by atoms with Crippen molar-refractivity contribution in [3.05, 3.63) is 63.6 Å². The number of nitrogens with one attached hydrogen (secondary N) is 1. The fraction of sp³-hybridized carbons (Fsp3) is 0.278. The van der Waals surface area contributed by atoms with Crippen molar-refractivity contribution >= 4 is 44.8 Å². The van der Waals surface area contributed by atoms with E-state index in [9.17, 15) is 13.2 Å². The average molecular weight is 415 g/mol. The first-order valence-corrected chi connectivity index (χ1v) is 10.5. The van der Waals surface area contributed by atoms with Crippen molar-refractivity contribution in [2.75, 3.05) is 17.1 Å². The molecule has 0 heterocycles. The van der Waals surface area contributed by atoms with Gasteiger partial charge in [-0.25, -0.2) is 8.42 Å². The van der Waals surface area contributed by atoms with Crippen LogP contribution in [0.15, 0.2) is 42.5 Å². The Morgan fingerprint density at radius 1 is 1.15 bits per heavy atom. The van der Waals surface area contributed by atoms with Crippen LogP contribution in [0.1, 0.15) is 24.1 Å². The summed E-state index contributed by atoms with van der Waals surface area (Å²) in [6, 6.07) is 11.9. The molecule has 8 heteroatoms. The fourth-order valence-corrected chi connectivity index (χ4v) is 3.71. The van der Waals surface area contributed by atoms with Crippen molar-refractivity contribution in [2.45, 2.75) is 19.9 Å². The van der Waals surface area contributed by atoms with Crippen molar-refractivity contribution in [2.24, 2.45) is 0 Å². The van der Waals surface area contributed by atoms with Crippen molar-refractivity contribution in [1.82, 2.24) is 5.32 Å². The van der Waals surface area contributed by atoms with Crippen LogP contribution in [0.4, 0.5) is 5.69 Å². The quantitative estimate of drug-likeness (QED) is 0.777. The Hall–Kier alpha value is -1.76. The molecule has 1 N–H and O–H groups in total. The van der Waals surface area contributed by atoms with Crippen LogP contribution in [0, 0.1) is 6.92 Å². The van der Waals surface area contributed by atoms with Gasteiger partial charge >= 0.3 is 0 Å². The number of carbonyl (C=O) groups excluding carboxylic acids is 1. The lowest BCUT2D eigenvalue weighted by atomic mass is 10.1. The number of halogens is 2. The molecule has 140 valence electrons. The topological polar surface area (TPSA) is 66.5 Å². The molecular formula is C18H20Cl2N2O3S. The molecule has 5 nitrogen and oxygen atoms in total. The molecule has 0 fully saturated rings. The summed E-state index contributed by atoms with van der Waals surface area (Å²) in [5.41, 5.74) is 2.21. The number of nitrogens with zero attached hydrogens (tertiary/aromatic N) is 1. The SMILES string of the molecule is Cc1ccc([C@@H](C)NC(=O)CN(c2cc(Cl)ccc2Cl)S(C)(=O)=O)cc1. The van der Waals surface area contributed by atoms with Gasteiger partial charge in [-0.3, -0.25) is 9.10 Å². The number of rotatable bonds is 6. The number of hydrogen-bond acceptors (Lipinski definition) is 3. The number of hydrogen-bond donors (Lipinski definition) is 1. The molecule has 2 aromatic rings. The van der Waals surface area contributed by atoms with E-state index in [2.05, 4.69) is 5.32 Å². The first-order chi connectivity index (χ1) is 12.1. The van der Waals surface area contributed by atoms with Gasteiger partial charge in [0, 0.05) is 5.02 Å². The van der Waals surface area contributed by atoms with E-state index in [1.165, 1.54) is 12.1 Å². The molecule has 0 aliphatic heterocycles. The summed E-state index contributed by atoms with van der Waals surface area (Å²) in [5.74, 6) is -0.445. The highest BCUT2D eigenvalue weighted by Gasteiger charge is 2.24. The minimum absolute atomic E-state index is 0.166. The standard InChI is InChI=1S/C18H20Cl2N2O3S/c1-12-4-6-14(7-5-12)13(2)21-18(23)11-22(26(3,24)25)17-10-15(19)8-9-16(17)20/h4-10,13H,11H2,1-3H3,(H,21,23)/t13-/m1/s1. The Labute approximate surface area is 164 Å². The number of anilines is 1. The third-order valence-corrected chi connectivity index (χ3v) is 5.50. The van der Waals surface area contributed by atoms with Crippen LogP contribution in [-0.2, 0) is 14.8 Å². The Kier molecular flexibility index (Phi) is 6.55. The molecule has 0 aliphatic carbocycles. The van der Waals surface area contributed by atoms with Crippen LogP contribution < -0.4 is 9.62 Å². The predicted molar refractivity (Wildman–Crippen MR) is 106 cm³/mol. The molecule has 2 aromatic carbocycles. The number of sulfonamides is 1.